The molecule has 0 aliphatic rings. The standard InChI is InChI=1S/C10H10BNS/c11-8-3-1-7(2-4-8)10-9(12)5-6-13-10/h1-6H,11-12H2. The third-order valence-corrected chi connectivity index (χ3v) is 2.99. The van der Waals surface area contributed by atoms with E-state index in [0.29, 0.717) is 0 Å². The van der Waals surface area contributed by atoms with E-state index in [-0.39, 0.29) is 0 Å². The van der Waals surface area contributed by atoms with Gasteiger partial charge in [-0.2, -0.15) is 0 Å². The van der Waals surface area contributed by atoms with E-state index in [1.807, 2.05) is 11.4 Å². The van der Waals surface area contributed by atoms with Crippen molar-refractivity contribution in [3.05, 3.63) is 35.7 Å². The molecule has 0 aliphatic carbocycles. The molecule has 0 spiro atoms. The van der Waals surface area contributed by atoms with E-state index in [0.717, 1.165) is 5.69 Å². The molecule has 1 aromatic heterocycles. The maximum absolute atomic E-state index is 5.82. The van der Waals surface area contributed by atoms with Gasteiger partial charge in [-0.15, -0.1) is 11.3 Å². The number of benzene rings is 1. The Morgan fingerprint density at radius 2 is 1.77 bits per heavy atom. The fraction of sp³-hybridized carbons (Fsp3) is 0. The first kappa shape index (κ1) is 8.39. The Morgan fingerprint density at radius 1 is 1.08 bits per heavy atom. The predicted octanol–water partition coefficient (Wildman–Crippen LogP) is 1.26. The lowest BCUT2D eigenvalue weighted by Crippen LogP contribution is -1.99. The van der Waals surface area contributed by atoms with E-state index >= 15 is 0 Å². The second kappa shape index (κ2) is 3.26. The van der Waals surface area contributed by atoms with Crippen molar-refractivity contribution < 1.29 is 0 Å². The lowest BCUT2D eigenvalue weighted by molar-refractivity contribution is 1.73. The molecule has 0 unspecified atom stereocenters. The summed E-state index contributed by atoms with van der Waals surface area (Å²) in [5, 5.41) is 2.02. The first-order chi connectivity index (χ1) is 6.27. The van der Waals surface area contributed by atoms with Crippen LogP contribution in [-0.2, 0) is 0 Å². The average molecular weight is 187 g/mol. The van der Waals surface area contributed by atoms with Gasteiger partial charge in [0.05, 0.1) is 10.6 Å². The van der Waals surface area contributed by atoms with Crippen LogP contribution in [0.1, 0.15) is 0 Å². The molecule has 1 aromatic carbocycles. The number of nitrogen functional groups attached to an aromatic ring is 1. The van der Waals surface area contributed by atoms with Crippen LogP contribution in [0.15, 0.2) is 35.7 Å². The van der Waals surface area contributed by atoms with Gasteiger partial charge in [0.2, 0.25) is 0 Å². The minimum Gasteiger partial charge on any atom is -0.398 e. The topological polar surface area (TPSA) is 26.0 Å². The summed E-state index contributed by atoms with van der Waals surface area (Å²) in [6.07, 6.45) is 0. The molecular weight excluding hydrogens is 177 g/mol. The van der Waals surface area contributed by atoms with Crippen molar-refractivity contribution in [2.45, 2.75) is 0 Å². The van der Waals surface area contributed by atoms with E-state index in [4.69, 9.17) is 5.73 Å². The molecule has 0 radical (unpaired) electrons. The SMILES string of the molecule is Bc1ccc(-c2sccc2N)cc1. The molecular formula is C10H10BNS. The normalized spacial score (nSPS) is 10.2. The van der Waals surface area contributed by atoms with Gasteiger partial charge < -0.3 is 5.73 Å². The molecule has 0 atom stereocenters. The van der Waals surface area contributed by atoms with Crippen LogP contribution < -0.4 is 11.2 Å². The number of hydrogen-bond acceptors (Lipinski definition) is 2. The first-order valence-corrected chi connectivity index (χ1v) is 5.05. The Bertz CT molecular complexity index is 405. The fourth-order valence-electron chi connectivity index (χ4n) is 1.26. The molecule has 1 heterocycles. The molecule has 0 amide bonds. The van der Waals surface area contributed by atoms with Gasteiger partial charge in [0, 0.05) is 0 Å². The van der Waals surface area contributed by atoms with E-state index < -0.39 is 0 Å². The molecule has 2 aromatic rings. The Kier molecular flexibility index (Phi) is 2.11. The summed E-state index contributed by atoms with van der Waals surface area (Å²) < 4.78 is 0. The predicted molar refractivity (Wildman–Crippen MR) is 62.3 cm³/mol. The van der Waals surface area contributed by atoms with Gasteiger partial charge in [0.15, 0.2) is 0 Å². The smallest absolute Gasteiger partial charge is 0.139 e. The van der Waals surface area contributed by atoms with Crippen molar-refractivity contribution >= 4 is 30.3 Å². The highest BCUT2D eigenvalue weighted by Crippen LogP contribution is 2.30. The van der Waals surface area contributed by atoms with Gasteiger partial charge in [-0.1, -0.05) is 29.7 Å². The molecule has 2 N–H and O–H groups in total. The van der Waals surface area contributed by atoms with Gasteiger partial charge in [0.1, 0.15) is 7.85 Å². The van der Waals surface area contributed by atoms with Crippen molar-refractivity contribution in [2.75, 3.05) is 5.73 Å². The number of anilines is 1. The largest absolute Gasteiger partial charge is 0.398 e. The number of nitrogens with two attached hydrogens (primary N) is 1. The minimum absolute atomic E-state index is 0.869. The van der Waals surface area contributed by atoms with Gasteiger partial charge in [-0.05, 0) is 17.0 Å². The quantitative estimate of drug-likeness (QED) is 0.668. The Labute approximate surface area is 82.6 Å². The van der Waals surface area contributed by atoms with Crippen molar-refractivity contribution in [3.63, 3.8) is 0 Å². The third-order valence-electron chi connectivity index (χ3n) is 2.01. The second-order valence-corrected chi connectivity index (χ2v) is 3.99. The van der Waals surface area contributed by atoms with E-state index in [9.17, 15) is 0 Å². The van der Waals surface area contributed by atoms with Gasteiger partial charge >= 0.3 is 0 Å². The van der Waals surface area contributed by atoms with Crippen LogP contribution in [0.25, 0.3) is 10.4 Å². The molecule has 64 valence electrons. The van der Waals surface area contributed by atoms with E-state index in [2.05, 4.69) is 32.1 Å². The number of rotatable bonds is 1. The first-order valence-electron chi connectivity index (χ1n) is 4.17. The van der Waals surface area contributed by atoms with Crippen molar-refractivity contribution in [3.8, 4) is 10.4 Å². The molecule has 0 bridgehead atoms. The zero-order chi connectivity index (χ0) is 9.26. The van der Waals surface area contributed by atoms with Crippen molar-refractivity contribution in [1.82, 2.24) is 0 Å². The van der Waals surface area contributed by atoms with Crippen LogP contribution in [0, 0.1) is 0 Å². The zero-order valence-corrected chi connectivity index (χ0v) is 8.27. The highest BCUT2D eigenvalue weighted by atomic mass is 32.1. The molecule has 13 heavy (non-hydrogen) atoms. The Morgan fingerprint density at radius 3 is 2.31 bits per heavy atom. The monoisotopic (exact) mass is 187 g/mol. The van der Waals surface area contributed by atoms with Crippen molar-refractivity contribution in [2.24, 2.45) is 0 Å². The van der Waals surface area contributed by atoms with Crippen LogP contribution in [0.3, 0.4) is 0 Å². The maximum Gasteiger partial charge on any atom is 0.139 e. The summed E-state index contributed by atoms with van der Waals surface area (Å²) in [6, 6.07) is 10.4. The fourth-order valence-corrected chi connectivity index (χ4v) is 2.09. The van der Waals surface area contributed by atoms with E-state index in [1.54, 1.807) is 11.3 Å². The van der Waals surface area contributed by atoms with Gasteiger partial charge in [0.25, 0.3) is 0 Å². The highest BCUT2D eigenvalue weighted by Gasteiger charge is 2.02. The summed E-state index contributed by atoms with van der Waals surface area (Å²) in [7, 11) is 2.08. The summed E-state index contributed by atoms with van der Waals surface area (Å²) in [4.78, 5) is 1.17. The van der Waals surface area contributed by atoms with Gasteiger partial charge in [-0.3, -0.25) is 0 Å². The minimum atomic E-state index is 0.869. The van der Waals surface area contributed by atoms with Crippen LogP contribution >= 0.6 is 11.3 Å². The van der Waals surface area contributed by atoms with Gasteiger partial charge in [-0.25, -0.2) is 0 Å². The Balaban J connectivity index is 2.47. The zero-order valence-electron chi connectivity index (χ0n) is 7.45. The second-order valence-electron chi connectivity index (χ2n) is 3.07. The van der Waals surface area contributed by atoms with Crippen LogP contribution in [0.5, 0.6) is 0 Å². The van der Waals surface area contributed by atoms with Crippen molar-refractivity contribution in [1.29, 1.82) is 0 Å². The number of hydrogen-bond donors (Lipinski definition) is 1. The van der Waals surface area contributed by atoms with Crippen LogP contribution in [0.4, 0.5) is 5.69 Å². The molecule has 1 nitrogen and oxygen atoms in total. The van der Waals surface area contributed by atoms with E-state index in [1.165, 1.54) is 15.9 Å². The molecule has 0 aliphatic heterocycles. The third kappa shape index (κ3) is 1.60. The lowest BCUT2D eigenvalue weighted by atomic mass is 9.95. The summed E-state index contributed by atoms with van der Waals surface area (Å²) in [5.74, 6) is 0. The summed E-state index contributed by atoms with van der Waals surface area (Å²) >= 11 is 1.68. The molecule has 0 fully saturated rings. The number of thiophene rings is 1. The van der Waals surface area contributed by atoms with Crippen LogP contribution in [-0.4, -0.2) is 7.85 Å². The molecule has 3 heteroatoms. The highest BCUT2D eigenvalue weighted by molar-refractivity contribution is 7.14. The summed E-state index contributed by atoms with van der Waals surface area (Å²) in [6.45, 7) is 0. The molecule has 0 saturated heterocycles. The average Bonchev–Trinajstić information content (AvgIpc) is 2.53. The summed E-state index contributed by atoms with van der Waals surface area (Å²) in [5.41, 5.74) is 9.17. The Hall–Kier alpha value is -1.22. The molecule has 2 rings (SSSR count). The lowest BCUT2D eigenvalue weighted by Gasteiger charge is -1.99. The maximum atomic E-state index is 5.82. The molecule has 0 saturated carbocycles. The van der Waals surface area contributed by atoms with Crippen LogP contribution in [0.2, 0.25) is 0 Å².